The Balaban J connectivity index is 1.39. The Morgan fingerprint density at radius 1 is 0.417 bits per heavy atom. The van der Waals surface area contributed by atoms with E-state index in [-0.39, 0.29) is 0 Å². The molecule has 0 amide bonds. The van der Waals surface area contributed by atoms with Crippen LogP contribution in [-0.4, -0.2) is 0 Å². The van der Waals surface area contributed by atoms with E-state index in [1.807, 2.05) is 18.2 Å². The average molecular weight is 462 g/mol. The lowest BCUT2D eigenvalue weighted by atomic mass is 10.0. The molecular weight excluding hydrogens is 438 g/mol. The third-order valence-corrected chi connectivity index (χ3v) is 6.82. The summed E-state index contributed by atoms with van der Waals surface area (Å²) in [6.07, 6.45) is 0. The van der Waals surface area contributed by atoms with Gasteiger partial charge in [-0.1, -0.05) is 91.0 Å². The highest BCUT2D eigenvalue weighted by molar-refractivity contribution is 6.08. The predicted molar refractivity (Wildman–Crippen MR) is 151 cm³/mol. The zero-order valence-electron chi connectivity index (χ0n) is 19.6. The Bertz CT molecular complexity index is 1820. The molecule has 0 N–H and O–H groups in total. The largest absolute Gasteiger partial charge is 0.456 e. The van der Waals surface area contributed by atoms with Gasteiger partial charge >= 0.3 is 0 Å². The van der Waals surface area contributed by atoms with Crippen molar-refractivity contribution in [1.82, 2.24) is 0 Å². The predicted octanol–water partition coefficient (Wildman–Crippen LogP) is 9.88. The van der Waals surface area contributed by atoms with Crippen LogP contribution in [0.3, 0.4) is 0 Å². The molecule has 1 heterocycles. The molecule has 0 atom stereocenters. The number of hydrogen-bond acceptors (Lipinski definition) is 2. The molecule has 0 radical (unpaired) electrons. The van der Waals surface area contributed by atoms with E-state index in [0.717, 1.165) is 39.4 Å². The minimum atomic E-state index is 0.871. The second-order valence-corrected chi connectivity index (χ2v) is 9.06. The Kier molecular flexibility index (Phi) is 4.82. The molecule has 0 spiro atoms. The molecule has 0 saturated heterocycles. The van der Waals surface area contributed by atoms with Crippen LogP contribution in [0.1, 0.15) is 0 Å². The minimum absolute atomic E-state index is 0.871. The number of benzene rings is 6. The number of anilines is 3. The molecule has 2 heteroatoms. The molecule has 0 bridgehead atoms. The standard InChI is InChI=1S/C34H23NO/c1-2-12-28(13-3-1)35(30-19-20-32-25(21-30)18-17-24-9-4-6-15-31(24)32)29-14-8-11-26(22-29)34-23-27-10-5-7-16-33(27)36-34/h1-23H. The van der Waals surface area contributed by atoms with E-state index in [4.69, 9.17) is 4.42 Å². The molecule has 0 aliphatic carbocycles. The number of hydrogen-bond donors (Lipinski definition) is 0. The van der Waals surface area contributed by atoms with Gasteiger partial charge in [0.2, 0.25) is 0 Å². The van der Waals surface area contributed by atoms with Gasteiger partial charge in [-0.2, -0.15) is 0 Å². The molecule has 36 heavy (non-hydrogen) atoms. The number of nitrogens with zero attached hydrogens (tertiary/aromatic N) is 1. The summed E-state index contributed by atoms with van der Waals surface area (Å²) in [6, 6.07) is 49.1. The Labute approximate surface area is 209 Å². The van der Waals surface area contributed by atoms with Gasteiger partial charge in [0.15, 0.2) is 0 Å². The molecule has 0 saturated carbocycles. The van der Waals surface area contributed by atoms with Crippen LogP contribution in [0, 0.1) is 0 Å². The fourth-order valence-electron chi connectivity index (χ4n) is 5.09. The van der Waals surface area contributed by atoms with Crippen molar-refractivity contribution in [1.29, 1.82) is 0 Å². The van der Waals surface area contributed by atoms with Crippen molar-refractivity contribution in [2.45, 2.75) is 0 Å². The Hall–Kier alpha value is -4.82. The van der Waals surface area contributed by atoms with Gasteiger partial charge in [0.25, 0.3) is 0 Å². The Morgan fingerprint density at radius 3 is 2.00 bits per heavy atom. The van der Waals surface area contributed by atoms with Crippen molar-refractivity contribution in [3.8, 4) is 11.3 Å². The van der Waals surface area contributed by atoms with Crippen molar-refractivity contribution in [3.05, 3.63) is 140 Å². The lowest BCUT2D eigenvalue weighted by molar-refractivity contribution is 0.631. The monoisotopic (exact) mass is 461 g/mol. The van der Waals surface area contributed by atoms with Gasteiger partial charge in [-0.25, -0.2) is 0 Å². The van der Waals surface area contributed by atoms with E-state index in [2.05, 4.69) is 126 Å². The lowest BCUT2D eigenvalue weighted by Gasteiger charge is -2.26. The average Bonchev–Trinajstić information content (AvgIpc) is 3.38. The van der Waals surface area contributed by atoms with Crippen LogP contribution in [-0.2, 0) is 0 Å². The quantitative estimate of drug-likeness (QED) is 0.243. The summed E-state index contributed by atoms with van der Waals surface area (Å²) in [7, 11) is 0. The molecule has 1 aromatic heterocycles. The summed E-state index contributed by atoms with van der Waals surface area (Å²) < 4.78 is 6.18. The zero-order valence-corrected chi connectivity index (χ0v) is 19.6. The van der Waals surface area contributed by atoms with E-state index in [9.17, 15) is 0 Å². The lowest BCUT2D eigenvalue weighted by Crippen LogP contribution is -2.09. The third kappa shape index (κ3) is 3.52. The molecule has 7 rings (SSSR count). The van der Waals surface area contributed by atoms with Crippen molar-refractivity contribution < 1.29 is 4.42 Å². The van der Waals surface area contributed by atoms with E-state index in [1.165, 1.54) is 21.5 Å². The summed E-state index contributed by atoms with van der Waals surface area (Å²) >= 11 is 0. The van der Waals surface area contributed by atoms with E-state index in [0.29, 0.717) is 0 Å². The number of rotatable bonds is 4. The zero-order chi connectivity index (χ0) is 23.9. The first-order valence-electron chi connectivity index (χ1n) is 12.2. The van der Waals surface area contributed by atoms with Gasteiger partial charge in [-0.15, -0.1) is 0 Å². The van der Waals surface area contributed by atoms with Crippen LogP contribution >= 0.6 is 0 Å². The smallest absolute Gasteiger partial charge is 0.135 e. The first-order valence-corrected chi connectivity index (χ1v) is 12.2. The second-order valence-electron chi connectivity index (χ2n) is 9.06. The summed E-state index contributed by atoms with van der Waals surface area (Å²) in [5.74, 6) is 0.871. The first kappa shape index (κ1) is 20.5. The normalized spacial score (nSPS) is 11.3. The number of para-hydroxylation sites is 2. The van der Waals surface area contributed by atoms with Gasteiger partial charge in [-0.05, 0) is 70.1 Å². The maximum atomic E-state index is 6.18. The van der Waals surface area contributed by atoms with E-state index < -0.39 is 0 Å². The van der Waals surface area contributed by atoms with Crippen molar-refractivity contribution in [2.75, 3.05) is 4.90 Å². The van der Waals surface area contributed by atoms with E-state index in [1.54, 1.807) is 0 Å². The van der Waals surface area contributed by atoms with Gasteiger partial charge in [0.05, 0.1) is 0 Å². The summed E-state index contributed by atoms with van der Waals surface area (Å²) in [5.41, 5.74) is 5.26. The highest BCUT2D eigenvalue weighted by Crippen LogP contribution is 2.39. The number of furan rings is 1. The first-order chi connectivity index (χ1) is 17.8. The third-order valence-electron chi connectivity index (χ3n) is 6.82. The van der Waals surface area contributed by atoms with Crippen LogP contribution in [0.2, 0.25) is 0 Å². The highest BCUT2D eigenvalue weighted by Gasteiger charge is 2.15. The van der Waals surface area contributed by atoms with Crippen LogP contribution in [0.4, 0.5) is 17.1 Å². The number of fused-ring (bicyclic) bond motifs is 4. The molecule has 6 aromatic carbocycles. The molecule has 0 unspecified atom stereocenters. The maximum Gasteiger partial charge on any atom is 0.135 e. The van der Waals surface area contributed by atoms with Crippen LogP contribution in [0.5, 0.6) is 0 Å². The van der Waals surface area contributed by atoms with Gasteiger partial charge < -0.3 is 9.32 Å². The fraction of sp³-hybridized carbons (Fsp3) is 0. The maximum absolute atomic E-state index is 6.18. The van der Waals surface area contributed by atoms with Gasteiger partial charge in [-0.3, -0.25) is 0 Å². The summed E-state index contributed by atoms with van der Waals surface area (Å²) in [5, 5.41) is 6.14. The minimum Gasteiger partial charge on any atom is -0.456 e. The molecular formula is C34H23NO. The van der Waals surface area contributed by atoms with Crippen LogP contribution in [0.15, 0.2) is 144 Å². The van der Waals surface area contributed by atoms with Crippen LogP contribution < -0.4 is 4.90 Å². The molecule has 0 aliphatic rings. The van der Waals surface area contributed by atoms with Crippen molar-refractivity contribution in [3.63, 3.8) is 0 Å². The van der Waals surface area contributed by atoms with Crippen molar-refractivity contribution >= 4 is 49.6 Å². The Morgan fingerprint density at radius 2 is 1.11 bits per heavy atom. The highest BCUT2D eigenvalue weighted by atomic mass is 16.3. The van der Waals surface area contributed by atoms with Gasteiger partial charge in [0, 0.05) is 28.0 Å². The summed E-state index contributed by atoms with van der Waals surface area (Å²) in [4.78, 5) is 2.31. The molecule has 7 aromatic rings. The molecule has 2 nitrogen and oxygen atoms in total. The SMILES string of the molecule is c1ccc(N(c2cccc(-c3cc4ccccc4o3)c2)c2ccc3c(ccc4ccccc43)c2)cc1. The van der Waals surface area contributed by atoms with Crippen molar-refractivity contribution in [2.24, 2.45) is 0 Å². The van der Waals surface area contributed by atoms with Crippen LogP contribution in [0.25, 0.3) is 43.8 Å². The fourth-order valence-corrected chi connectivity index (χ4v) is 5.09. The molecule has 170 valence electrons. The molecule has 0 aliphatic heterocycles. The van der Waals surface area contributed by atoms with E-state index >= 15 is 0 Å². The molecule has 0 fully saturated rings. The van der Waals surface area contributed by atoms with Gasteiger partial charge in [0.1, 0.15) is 11.3 Å². The topological polar surface area (TPSA) is 16.4 Å². The second kappa shape index (κ2) is 8.44. The summed E-state index contributed by atoms with van der Waals surface area (Å²) in [6.45, 7) is 0.